The number of hydrogen-bond donors (Lipinski definition) is 0. The highest BCUT2D eigenvalue weighted by atomic mass is 14.5. The van der Waals surface area contributed by atoms with Gasteiger partial charge in [-0.05, 0) is 106 Å². The minimum Gasteiger partial charge on any atom is -0.0654 e. The van der Waals surface area contributed by atoms with E-state index in [1.807, 2.05) is 0 Å². The van der Waals surface area contributed by atoms with E-state index in [9.17, 15) is 0 Å². The number of benzene rings is 4. The normalized spacial score (nSPS) is 16.2. The molecule has 6 rings (SSSR count). The van der Waals surface area contributed by atoms with Crippen molar-refractivity contribution >= 4 is 0 Å². The molecule has 0 radical (unpaired) electrons. The Kier molecular flexibility index (Phi) is 10.1. The Morgan fingerprint density at radius 3 is 1.19 bits per heavy atom. The van der Waals surface area contributed by atoms with Gasteiger partial charge in [-0.2, -0.15) is 0 Å². The molecular weight excluding hydrogens is 577 g/mol. The Labute approximate surface area is 293 Å². The van der Waals surface area contributed by atoms with Gasteiger partial charge in [-0.25, -0.2) is 0 Å². The molecule has 1 spiro atoms. The summed E-state index contributed by atoms with van der Waals surface area (Å²) >= 11 is 0. The lowest BCUT2D eigenvalue weighted by atomic mass is 9.67. The van der Waals surface area contributed by atoms with Crippen LogP contribution in [0.3, 0.4) is 0 Å². The van der Waals surface area contributed by atoms with Gasteiger partial charge in [0.05, 0.1) is 5.41 Å². The van der Waals surface area contributed by atoms with Gasteiger partial charge in [0.15, 0.2) is 0 Å². The molecule has 0 N–H and O–H groups in total. The number of hydrogen-bond acceptors (Lipinski definition) is 0. The first kappa shape index (κ1) is 34.7. The fraction of sp³-hybridized carbons (Fsp3) is 0.500. The third kappa shape index (κ3) is 5.80. The van der Waals surface area contributed by atoms with Crippen LogP contribution in [0.2, 0.25) is 0 Å². The van der Waals surface area contributed by atoms with Crippen molar-refractivity contribution in [1.82, 2.24) is 0 Å². The van der Waals surface area contributed by atoms with Crippen molar-refractivity contribution in [2.24, 2.45) is 0 Å². The molecule has 2 aliphatic rings. The molecule has 48 heavy (non-hydrogen) atoms. The zero-order chi connectivity index (χ0) is 34.1. The molecule has 4 aromatic carbocycles. The summed E-state index contributed by atoms with van der Waals surface area (Å²) in [6.45, 7) is 19.1. The summed E-state index contributed by atoms with van der Waals surface area (Å²) in [5, 5.41) is 0. The van der Waals surface area contributed by atoms with Crippen LogP contribution >= 0.6 is 0 Å². The molecule has 0 nitrogen and oxygen atoms in total. The predicted molar refractivity (Wildman–Crippen MR) is 210 cm³/mol. The summed E-state index contributed by atoms with van der Waals surface area (Å²) in [4.78, 5) is 0. The molecule has 0 heterocycles. The van der Waals surface area contributed by atoms with Crippen LogP contribution in [0.4, 0.5) is 0 Å². The largest absolute Gasteiger partial charge is 0.0725 e. The molecule has 0 amide bonds. The summed E-state index contributed by atoms with van der Waals surface area (Å²) in [6.07, 6.45) is 16.8. The zero-order valence-corrected chi connectivity index (χ0v) is 31.6. The lowest BCUT2D eigenvalue weighted by Crippen LogP contribution is -2.29. The number of fused-ring (bicyclic) bond motifs is 10. The topological polar surface area (TPSA) is 0 Å². The lowest BCUT2D eigenvalue weighted by Gasteiger charge is -2.35. The van der Waals surface area contributed by atoms with Crippen LogP contribution in [0, 0.1) is 13.8 Å². The van der Waals surface area contributed by atoms with Crippen molar-refractivity contribution in [3.05, 3.63) is 117 Å². The Bertz CT molecular complexity index is 1700. The highest BCUT2D eigenvalue weighted by Crippen LogP contribution is 2.64. The van der Waals surface area contributed by atoms with Crippen molar-refractivity contribution < 1.29 is 0 Å². The van der Waals surface area contributed by atoms with Crippen LogP contribution in [-0.2, 0) is 16.2 Å². The molecule has 0 aromatic heterocycles. The van der Waals surface area contributed by atoms with E-state index >= 15 is 0 Å². The molecule has 254 valence electrons. The maximum absolute atomic E-state index is 2.68. The van der Waals surface area contributed by atoms with E-state index in [1.54, 1.807) is 0 Å². The first-order valence-corrected chi connectivity index (χ1v) is 19.7. The Morgan fingerprint density at radius 2 is 0.792 bits per heavy atom. The van der Waals surface area contributed by atoms with Gasteiger partial charge in [0.1, 0.15) is 0 Å². The van der Waals surface area contributed by atoms with Crippen molar-refractivity contribution in [1.29, 1.82) is 0 Å². The van der Waals surface area contributed by atoms with Crippen LogP contribution in [0.5, 0.6) is 0 Å². The summed E-state index contributed by atoms with van der Waals surface area (Å²) in [6, 6.07) is 29.9. The second kappa shape index (κ2) is 14.0. The standard InChI is InChI=1S/C48H62/c1-9-13-15-17-19-29-47(8,12-4)37-23-27-41-40-26-22-36(46(7,11-3)28-18-16-14-10-2)32-44(40)48(45(41)33-37)42-30-34(5)20-24-38(42)39-25-21-35(6)31-43(39)48/h20-27,30-33H,9-19,28-29H2,1-8H3. The van der Waals surface area contributed by atoms with E-state index in [0.717, 1.165) is 0 Å². The number of unbranched alkanes of at least 4 members (excludes halogenated alkanes) is 7. The minimum absolute atomic E-state index is 0.172. The van der Waals surface area contributed by atoms with Crippen LogP contribution in [0.1, 0.15) is 170 Å². The third-order valence-corrected chi connectivity index (χ3v) is 13.0. The molecular formula is C48H62. The average molecular weight is 639 g/mol. The van der Waals surface area contributed by atoms with Gasteiger partial charge in [0.2, 0.25) is 0 Å². The van der Waals surface area contributed by atoms with Gasteiger partial charge >= 0.3 is 0 Å². The predicted octanol–water partition coefficient (Wildman–Crippen LogP) is 14.3. The lowest BCUT2D eigenvalue weighted by molar-refractivity contribution is 0.394. The van der Waals surface area contributed by atoms with E-state index in [2.05, 4.69) is 128 Å². The van der Waals surface area contributed by atoms with Gasteiger partial charge in [-0.1, -0.05) is 183 Å². The fourth-order valence-electron chi connectivity index (χ4n) is 9.32. The van der Waals surface area contributed by atoms with Gasteiger partial charge in [0.25, 0.3) is 0 Å². The van der Waals surface area contributed by atoms with E-state index in [-0.39, 0.29) is 16.2 Å². The molecule has 4 aromatic rings. The monoisotopic (exact) mass is 638 g/mol. The number of aryl methyl sites for hydroxylation is 2. The van der Waals surface area contributed by atoms with Crippen LogP contribution in [-0.4, -0.2) is 0 Å². The van der Waals surface area contributed by atoms with Crippen LogP contribution in [0.15, 0.2) is 72.8 Å². The average Bonchev–Trinajstić information content (AvgIpc) is 3.55. The summed E-state index contributed by atoms with van der Waals surface area (Å²) in [7, 11) is 0. The summed E-state index contributed by atoms with van der Waals surface area (Å²) in [5.41, 5.74) is 17.5. The third-order valence-electron chi connectivity index (χ3n) is 13.0. The van der Waals surface area contributed by atoms with Crippen molar-refractivity contribution in [2.45, 2.75) is 155 Å². The smallest absolute Gasteiger partial charge is 0.0654 e. The van der Waals surface area contributed by atoms with Crippen LogP contribution in [0.25, 0.3) is 22.3 Å². The minimum atomic E-state index is -0.300. The van der Waals surface area contributed by atoms with Crippen molar-refractivity contribution in [3.8, 4) is 22.3 Å². The van der Waals surface area contributed by atoms with Crippen molar-refractivity contribution in [3.63, 3.8) is 0 Å². The van der Waals surface area contributed by atoms with Gasteiger partial charge in [-0.3, -0.25) is 0 Å². The van der Waals surface area contributed by atoms with E-state index in [1.165, 1.54) is 150 Å². The highest BCUT2D eigenvalue weighted by molar-refractivity contribution is 5.95. The molecule has 0 bridgehead atoms. The summed E-state index contributed by atoms with van der Waals surface area (Å²) in [5.74, 6) is 0. The van der Waals surface area contributed by atoms with Crippen LogP contribution < -0.4 is 0 Å². The molecule has 0 aliphatic heterocycles. The van der Waals surface area contributed by atoms with E-state index < -0.39 is 0 Å². The van der Waals surface area contributed by atoms with Gasteiger partial charge < -0.3 is 0 Å². The van der Waals surface area contributed by atoms with Gasteiger partial charge in [0, 0.05) is 0 Å². The molecule has 2 aliphatic carbocycles. The SMILES string of the molecule is CCCCCCCC(C)(CC)c1ccc2c(c1)C1(c3cc(C)ccc3-c3ccc(C)cc31)c1cc(C(C)(CC)CCCCCC)ccc1-2. The molecule has 0 saturated carbocycles. The maximum Gasteiger partial charge on any atom is 0.0725 e. The Morgan fingerprint density at radius 1 is 0.438 bits per heavy atom. The quantitative estimate of drug-likeness (QED) is 0.0982. The van der Waals surface area contributed by atoms with E-state index in [4.69, 9.17) is 0 Å². The van der Waals surface area contributed by atoms with E-state index in [0.29, 0.717) is 0 Å². The number of rotatable bonds is 15. The maximum atomic E-state index is 2.68. The highest BCUT2D eigenvalue weighted by Gasteiger charge is 2.52. The summed E-state index contributed by atoms with van der Waals surface area (Å²) < 4.78 is 0. The fourth-order valence-corrected chi connectivity index (χ4v) is 9.32. The second-order valence-corrected chi connectivity index (χ2v) is 16.2. The first-order valence-electron chi connectivity index (χ1n) is 19.7. The zero-order valence-electron chi connectivity index (χ0n) is 31.6. The molecule has 0 fully saturated rings. The molecule has 2 unspecified atom stereocenters. The Hall–Kier alpha value is -3.12. The van der Waals surface area contributed by atoms with Crippen molar-refractivity contribution in [2.75, 3.05) is 0 Å². The second-order valence-electron chi connectivity index (χ2n) is 16.2. The molecule has 2 atom stereocenters. The molecule has 0 saturated heterocycles. The first-order chi connectivity index (χ1) is 23.2. The van der Waals surface area contributed by atoms with Gasteiger partial charge in [-0.15, -0.1) is 0 Å². The molecule has 0 heteroatoms. The Balaban J connectivity index is 1.58.